The minimum absolute atomic E-state index is 0.206. The van der Waals surface area contributed by atoms with Crippen molar-refractivity contribution >= 4 is 15.7 Å². The highest BCUT2D eigenvalue weighted by Crippen LogP contribution is 2.32. The minimum Gasteiger partial charge on any atom is -0.507 e. The van der Waals surface area contributed by atoms with Gasteiger partial charge in [0, 0.05) is 6.07 Å². The zero-order valence-corrected chi connectivity index (χ0v) is 12.3. The second kappa shape index (κ2) is 5.92. The molecule has 2 rings (SSSR count). The summed E-state index contributed by atoms with van der Waals surface area (Å²) in [5.41, 5.74) is 0.251. The summed E-state index contributed by atoms with van der Waals surface area (Å²) in [6.45, 7) is 0. The van der Waals surface area contributed by atoms with E-state index in [9.17, 15) is 13.5 Å². The fraction of sp³-hybridized carbons (Fsp3) is 0.143. The van der Waals surface area contributed by atoms with Gasteiger partial charge in [0.1, 0.15) is 22.1 Å². The molecule has 2 N–H and O–H groups in total. The summed E-state index contributed by atoms with van der Waals surface area (Å²) < 4.78 is 37.1. The first-order valence-electron chi connectivity index (χ1n) is 6.01. The van der Waals surface area contributed by atoms with Crippen LogP contribution in [0.1, 0.15) is 0 Å². The van der Waals surface area contributed by atoms with E-state index in [0.29, 0.717) is 11.5 Å². The smallest absolute Gasteiger partial charge is 0.265 e. The van der Waals surface area contributed by atoms with Gasteiger partial charge in [-0.1, -0.05) is 12.1 Å². The zero-order chi connectivity index (χ0) is 15.5. The Morgan fingerprint density at radius 3 is 2.38 bits per heavy atom. The van der Waals surface area contributed by atoms with Gasteiger partial charge < -0.3 is 14.6 Å². The van der Waals surface area contributed by atoms with Crippen LogP contribution >= 0.6 is 0 Å². The molecule has 0 aliphatic carbocycles. The first kappa shape index (κ1) is 15.0. The number of sulfonamides is 1. The third kappa shape index (κ3) is 3.19. The molecule has 2 aromatic carbocycles. The second-order valence-corrected chi connectivity index (χ2v) is 5.79. The molecular weight excluding hydrogens is 294 g/mol. The Kier molecular flexibility index (Phi) is 4.23. The van der Waals surface area contributed by atoms with Crippen LogP contribution in [0.25, 0.3) is 0 Å². The van der Waals surface area contributed by atoms with Gasteiger partial charge in [0.2, 0.25) is 0 Å². The van der Waals surface area contributed by atoms with Crippen molar-refractivity contribution in [1.82, 2.24) is 0 Å². The number of rotatable bonds is 5. The Morgan fingerprint density at radius 1 is 1.05 bits per heavy atom. The molecule has 0 atom stereocenters. The maximum atomic E-state index is 12.3. The van der Waals surface area contributed by atoms with E-state index < -0.39 is 10.0 Å². The van der Waals surface area contributed by atoms with E-state index in [0.717, 1.165) is 0 Å². The number of phenols is 1. The predicted octanol–water partition coefficient (Wildman–Crippen LogP) is 2.21. The molecule has 21 heavy (non-hydrogen) atoms. The Labute approximate surface area is 123 Å². The molecule has 0 spiro atoms. The highest BCUT2D eigenvalue weighted by molar-refractivity contribution is 7.92. The van der Waals surface area contributed by atoms with Crippen LogP contribution in [-0.4, -0.2) is 27.7 Å². The molecule has 0 saturated carbocycles. The van der Waals surface area contributed by atoms with E-state index in [1.807, 2.05) is 0 Å². The maximum Gasteiger partial charge on any atom is 0.265 e. The average Bonchev–Trinajstić information content (AvgIpc) is 2.47. The van der Waals surface area contributed by atoms with Gasteiger partial charge in [-0.25, -0.2) is 8.42 Å². The standard InChI is InChI=1S/C14H15NO5S/c1-19-10-7-8-11(13(9-10)20-2)15-21(17,18)14-6-4-3-5-12(14)16/h3-9,15-16H,1-2H3. The summed E-state index contributed by atoms with van der Waals surface area (Å²) in [6, 6.07) is 10.4. The van der Waals surface area contributed by atoms with E-state index in [1.165, 1.54) is 38.5 Å². The van der Waals surface area contributed by atoms with Gasteiger partial charge in [0.05, 0.1) is 19.9 Å². The number of benzene rings is 2. The third-order valence-corrected chi connectivity index (χ3v) is 4.22. The fourth-order valence-electron chi connectivity index (χ4n) is 1.77. The summed E-state index contributed by atoms with van der Waals surface area (Å²) in [6.07, 6.45) is 0. The van der Waals surface area contributed by atoms with Crippen LogP contribution in [0, 0.1) is 0 Å². The molecule has 112 valence electrons. The van der Waals surface area contributed by atoms with Gasteiger partial charge in [-0.15, -0.1) is 0 Å². The van der Waals surface area contributed by atoms with Gasteiger partial charge in [0.15, 0.2) is 0 Å². The number of hydrogen-bond donors (Lipinski definition) is 2. The topological polar surface area (TPSA) is 84.9 Å². The number of para-hydroxylation sites is 1. The van der Waals surface area contributed by atoms with Crippen LogP contribution in [0.2, 0.25) is 0 Å². The van der Waals surface area contributed by atoms with E-state index in [1.54, 1.807) is 18.2 Å². The van der Waals surface area contributed by atoms with Gasteiger partial charge >= 0.3 is 0 Å². The molecule has 7 heteroatoms. The lowest BCUT2D eigenvalue weighted by molar-refractivity contribution is 0.395. The van der Waals surface area contributed by atoms with Crippen LogP contribution in [-0.2, 0) is 10.0 Å². The molecule has 0 heterocycles. The summed E-state index contributed by atoms with van der Waals surface area (Å²) in [5, 5.41) is 9.66. The number of phenolic OH excluding ortho intramolecular Hbond substituents is 1. The van der Waals surface area contributed by atoms with E-state index in [2.05, 4.69) is 4.72 Å². The van der Waals surface area contributed by atoms with Crippen LogP contribution in [0.4, 0.5) is 5.69 Å². The van der Waals surface area contributed by atoms with E-state index in [4.69, 9.17) is 9.47 Å². The van der Waals surface area contributed by atoms with Crippen molar-refractivity contribution < 1.29 is 23.0 Å². The van der Waals surface area contributed by atoms with E-state index in [-0.39, 0.29) is 16.3 Å². The lowest BCUT2D eigenvalue weighted by Crippen LogP contribution is -2.13. The molecule has 2 aromatic rings. The van der Waals surface area contributed by atoms with Crippen molar-refractivity contribution in [3.05, 3.63) is 42.5 Å². The summed E-state index contributed by atoms with van der Waals surface area (Å²) in [5.74, 6) is 0.531. The average molecular weight is 309 g/mol. The Balaban J connectivity index is 2.40. The predicted molar refractivity (Wildman–Crippen MR) is 78.5 cm³/mol. The normalized spacial score (nSPS) is 11.0. The van der Waals surface area contributed by atoms with Gasteiger partial charge in [0.25, 0.3) is 10.0 Å². The van der Waals surface area contributed by atoms with Crippen LogP contribution in [0.3, 0.4) is 0 Å². The van der Waals surface area contributed by atoms with Crippen LogP contribution < -0.4 is 14.2 Å². The molecule has 0 aromatic heterocycles. The summed E-state index contributed by atoms with van der Waals surface area (Å²) in [7, 11) is -0.993. The monoisotopic (exact) mass is 309 g/mol. The number of nitrogens with one attached hydrogen (secondary N) is 1. The third-order valence-electron chi connectivity index (χ3n) is 2.81. The molecule has 0 saturated heterocycles. The highest BCUT2D eigenvalue weighted by Gasteiger charge is 2.20. The number of hydrogen-bond acceptors (Lipinski definition) is 5. The molecule has 0 radical (unpaired) electrons. The molecule has 0 aliphatic heterocycles. The molecule has 6 nitrogen and oxygen atoms in total. The fourth-order valence-corrected chi connectivity index (χ4v) is 2.94. The van der Waals surface area contributed by atoms with Crippen LogP contribution in [0.15, 0.2) is 47.4 Å². The highest BCUT2D eigenvalue weighted by atomic mass is 32.2. The SMILES string of the molecule is COc1ccc(NS(=O)(=O)c2ccccc2O)c(OC)c1. The molecular formula is C14H15NO5S. The van der Waals surface area contributed by atoms with Gasteiger partial charge in [-0.2, -0.15) is 0 Å². The van der Waals surface area contributed by atoms with Crippen molar-refractivity contribution in [2.75, 3.05) is 18.9 Å². The zero-order valence-electron chi connectivity index (χ0n) is 11.5. The summed E-state index contributed by atoms with van der Waals surface area (Å²) in [4.78, 5) is -0.206. The van der Waals surface area contributed by atoms with Gasteiger partial charge in [-0.05, 0) is 24.3 Å². The van der Waals surface area contributed by atoms with Gasteiger partial charge in [-0.3, -0.25) is 4.72 Å². The first-order chi connectivity index (χ1) is 9.97. The summed E-state index contributed by atoms with van der Waals surface area (Å²) >= 11 is 0. The molecule has 0 bridgehead atoms. The Bertz CT molecular complexity index is 743. The van der Waals surface area contributed by atoms with E-state index >= 15 is 0 Å². The molecule has 0 aliphatic rings. The maximum absolute atomic E-state index is 12.3. The Morgan fingerprint density at radius 2 is 1.76 bits per heavy atom. The number of ether oxygens (including phenoxy) is 2. The second-order valence-electron chi connectivity index (χ2n) is 4.14. The van der Waals surface area contributed by atoms with Crippen molar-refractivity contribution in [3.8, 4) is 17.2 Å². The van der Waals surface area contributed by atoms with Crippen LogP contribution in [0.5, 0.6) is 17.2 Å². The van der Waals surface area contributed by atoms with Crippen molar-refractivity contribution in [2.24, 2.45) is 0 Å². The minimum atomic E-state index is -3.92. The molecule has 0 fully saturated rings. The lowest BCUT2D eigenvalue weighted by atomic mass is 10.3. The molecule has 0 unspecified atom stereocenters. The van der Waals surface area contributed by atoms with Crippen molar-refractivity contribution in [3.63, 3.8) is 0 Å². The lowest BCUT2D eigenvalue weighted by Gasteiger charge is -2.13. The quantitative estimate of drug-likeness (QED) is 0.884. The number of anilines is 1. The molecule has 0 amide bonds. The van der Waals surface area contributed by atoms with Crippen molar-refractivity contribution in [1.29, 1.82) is 0 Å². The Hall–Kier alpha value is -2.41. The number of methoxy groups -OCH3 is 2. The largest absolute Gasteiger partial charge is 0.507 e. The first-order valence-corrected chi connectivity index (χ1v) is 7.49. The van der Waals surface area contributed by atoms with Crippen molar-refractivity contribution in [2.45, 2.75) is 4.90 Å². The number of aromatic hydroxyl groups is 1.